The summed E-state index contributed by atoms with van der Waals surface area (Å²) >= 11 is 0. The van der Waals surface area contributed by atoms with Crippen LogP contribution in [0.4, 0.5) is 0 Å². The monoisotopic (exact) mass is 344 g/mol. The van der Waals surface area contributed by atoms with Gasteiger partial charge in [0.25, 0.3) is 0 Å². The molecule has 2 aliphatic heterocycles. The Hall–Kier alpha value is -2.04. The summed E-state index contributed by atoms with van der Waals surface area (Å²) in [6, 6.07) is 14.3. The average molecular weight is 345 g/mol. The zero-order chi connectivity index (χ0) is 15.6. The van der Waals surface area contributed by atoms with Crippen LogP contribution in [0.3, 0.4) is 0 Å². The van der Waals surface area contributed by atoms with Crippen LogP contribution in [0.25, 0.3) is 0 Å². The van der Waals surface area contributed by atoms with E-state index in [1.807, 2.05) is 24.3 Å². The zero-order valence-corrected chi connectivity index (χ0v) is 14.2. The van der Waals surface area contributed by atoms with Crippen molar-refractivity contribution in [2.24, 2.45) is 0 Å². The molecule has 4 rings (SSSR count). The number of amides is 1. The molecule has 0 bridgehead atoms. The van der Waals surface area contributed by atoms with E-state index in [0.717, 1.165) is 36.4 Å². The minimum absolute atomic E-state index is 0. The number of hydrogen-bond acceptors (Lipinski definition) is 3. The van der Waals surface area contributed by atoms with Crippen LogP contribution in [0, 0.1) is 0 Å². The maximum atomic E-state index is 12.6. The number of benzene rings is 2. The van der Waals surface area contributed by atoms with Crippen LogP contribution in [0.1, 0.15) is 34.6 Å². The third-order valence-corrected chi connectivity index (χ3v) is 4.64. The van der Waals surface area contributed by atoms with E-state index in [2.05, 4.69) is 28.8 Å². The third-order valence-electron chi connectivity index (χ3n) is 4.64. The lowest BCUT2D eigenvalue weighted by atomic mass is 9.92. The second-order valence-corrected chi connectivity index (χ2v) is 6.15. The van der Waals surface area contributed by atoms with Gasteiger partial charge in [-0.25, -0.2) is 0 Å². The summed E-state index contributed by atoms with van der Waals surface area (Å²) in [5.74, 6) is 0.804. The quantitative estimate of drug-likeness (QED) is 0.900. The van der Waals surface area contributed by atoms with Gasteiger partial charge < -0.3 is 15.4 Å². The van der Waals surface area contributed by atoms with Crippen LogP contribution in [-0.4, -0.2) is 12.5 Å². The van der Waals surface area contributed by atoms with Crippen LogP contribution in [-0.2, 0) is 24.4 Å². The largest absolute Gasteiger partial charge is 0.493 e. The van der Waals surface area contributed by atoms with Crippen molar-refractivity contribution in [1.29, 1.82) is 0 Å². The van der Waals surface area contributed by atoms with Gasteiger partial charge in [0.1, 0.15) is 5.75 Å². The van der Waals surface area contributed by atoms with Gasteiger partial charge in [-0.2, -0.15) is 0 Å². The molecule has 1 amide bonds. The van der Waals surface area contributed by atoms with E-state index in [0.29, 0.717) is 13.2 Å². The van der Waals surface area contributed by atoms with Crippen molar-refractivity contribution in [3.63, 3.8) is 0 Å². The fourth-order valence-electron chi connectivity index (χ4n) is 3.38. The van der Waals surface area contributed by atoms with Gasteiger partial charge in [0.2, 0.25) is 5.91 Å². The molecule has 4 nitrogen and oxygen atoms in total. The smallest absolute Gasteiger partial charge is 0.228 e. The van der Waals surface area contributed by atoms with E-state index < -0.39 is 0 Å². The number of ether oxygens (including phenoxy) is 1. The summed E-state index contributed by atoms with van der Waals surface area (Å²) in [6.07, 6.45) is 0.733. The van der Waals surface area contributed by atoms with Gasteiger partial charge in [0.05, 0.1) is 12.5 Å². The number of hydrogen-bond donors (Lipinski definition) is 2. The first-order valence-electron chi connectivity index (χ1n) is 8.12. The molecule has 126 valence electrons. The van der Waals surface area contributed by atoms with Crippen molar-refractivity contribution >= 4 is 18.3 Å². The first-order chi connectivity index (χ1) is 11.3. The van der Waals surface area contributed by atoms with Gasteiger partial charge in [-0.15, -0.1) is 12.4 Å². The highest BCUT2D eigenvalue weighted by molar-refractivity contribution is 5.85. The van der Waals surface area contributed by atoms with Crippen molar-refractivity contribution in [2.75, 3.05) is 6.61 Å². The Kier molecular flexibility index (Phi) is 5.07. The molecule has 0 radical (unpaired) electrons. The molecule has 2 heterocycles. The number of carbonyl (C=O) groups is 1. The van der Waals surface area contributed by atoms with Crippen LogP contribution in [0.15, 0.2) is 42.5 Å². The normalized spacial score (nSPS) is 17.9. The number of rotatable bonds is 3. The van der Waals surface area contributed by atoms with Crippen molar-refractivity contribution in [3.8, 4) is 5.75 Å². The molecule has 0 saturated heterocycles. The lowest BCUT2D eigenvalue weighted by Crippen LogP contribution is -2.32. The minimum Gasteiger partial charge on any atom is -0.493 e. The van der Waals surface area contributed by atoms with Crippen LogP contribution < -0.4 is 15.4 Å². The Morgan fingerprint density at radius 3 is 2.92 bits per heavy atom. The van der Waals surface area contributed by atoms with Gasteiger partial charge in [-0.05, 0) is 29.2 Å². The lowest BCUT2D eigenvalue weighted by molar-refractivity contribution is -0.123. The number of carbonyl (C=O) groups excluding carboxylic acids is 1. The highest BCUT2D eigenvalue weighted by Crippen LogP contribution is 2.33. The van der Waals surface area contributed by atoms with E-state index in [4.69, 9.17) is 4.74 Å². The summed E-state index contributed by atoms with van der Waals surface area (Å²) < 4.78 is 5.63. The fraction of sp³-hybridized carbons (Fsp3) is 0.316. The maximum absolute atomic E-state index is 12.6. The summed E-state index contributed by atoms with van der Waals surface area (Å²) in [6.45, 7) is 3.04. The summed E-state index contributed by atoms with van der Waals surface area (Å²) in [4.78, 5) is 12.6. The van der Waals surface area contributed by atoms with Crippen molar-refractivity contribution in [1.82, 2.24) is 10.6 Å². The van der Waals surface area contributed by atoms with Gasteiger partial charge >= 0.3 is 0 Å². The number of para-hydroxylation sites is 1. The molecule has 1 atom stereocenters. The second kappa shape index (κ2) is 7.24. The standard InChI is InChI=1S/C19H20N2O2.ClH/c22-19(17-7-8-23-18-4-2-1-3-16(17)18)21-10-13-5-6-14-11-20-12-15(14)9-13;/h1-6,9,17,20H,7-8,10-12H2,(H,21,22);1H. The van der Waals surface area contributed by atoms with Gasteiger partial charge in [-0.3, -0.25) is 4.79 Å². The Labute approximate surface area is 148 Å². The molecule has 0 saturated carbocycles. The van der Waals surface area contributed by atoms with E-state index in [1.165, 1.54) is 11.1 Å². The predicted octanol–water partition coefficient (Wildman–Crippen LogP) is 2.89. The Bertz CT molecular complexity index is 748. The Morgan fingerprint density at radius 2 is 2.00 bits per heavy atom. The molecule has 2 aliphatic rings. The Morgan fingerprint density at radius 1 is 1.17 bits per heavy atom. The molecule has 0 fully saturated rings. The Balaban J connectivity index is 0.00000169. The summed E-state index contributed by atoms with van der Waals surface area (Å²) in [5.41, 5.74) is 4.85. The molecular formula is C19H21ClN2O2. The number of fused-ring (bicyclic) bond motifs is 2. The fourth-order valence-corrected chi connectivity index (χ4v) is 3.38. The van der Waals surface area contributed by atoms with E-state index >= 15 is 0 Å². The maximum Gasteiger partial charge on any atom is 0.228 e. The zero-order valence-electron chi connectivity index (χ0n) is 13.4. The molecule has 0 aromatic heterocycles. The molecule has 0 aliphatic carbocycles. The molecule has 1 unspecified atom stereocenters. The van der Waals surface area contributed by atoms with Crippen molar-refractivity contribution in [2.45, 2.75) is 32.0 Å². The second-order valence-electron chi connectivity index (χ2n) is 6.15. The average Bonchev–Trinajstić information content (AvgIpc) is 3.07. The number of nitrogens with one attached hydrogen (secondary N) is 2. The first-order valence-corrected chi connectivity index (χ1v) is 8.12. The molecule has 2 aromatic rings. The minimum atomic E-state index is -0.115. The number of halogens is 1. The van der Waals surface area contributed by atoms with Gasteiger partial charge in [0, 0.05) is 25.2 Å². The van der Waals surface area contributed by atoms with Gasteiger partial charge in [-0.1, -0.05) is 36.4 Å². The highest BCUT2D eigenvalue weighted by atomic mass is 35.5. The summed E-state index contributed by atoms with van der Waals surface area (Å²) in [5, 5.41) is 6.43. The molecule has 2 aromatic carbocycles. The van der Waals surface area contributed by atoms with Crippen molar-refractivity contribution in [3.05, 3.63) is 64.7 Å². The van der Waals surface area contributed by atoms with Crippen LogP contribution in [0.5, 0.6) is 5.75 Å². The van der Waals surface area contributed by atoms with Gasteiger partial charge in [0.15, 0.2) is 0 Å². The predicted molar refractivity (Wildman–Crippen MR) is 95.4 cm³/mol. The van der Waals surface area contributed by atoms with E-state index in [-0.39, 0.29) is 24.2 Å². The topological polar surface area (TPSA) is 50.4 Å². The summed E-state index contributed by atoms with van der Waals surface area (Å²) in [7, 11) is 0. The highest BCUT2D eigenvalue weighted by Gasteiger charge is 2.27. The molecule has 2 N–H and O–H groups in total. The molecule has 5 heteroatoms. The van der Waals surface area contributed by atoms with E-state index in [1.54, 1.807) is 0 Å². The van der Waals surface area contributed by atoms with Crippen LogP contribution in [0.2, 0.25) is 0 Å². The molecule has 24 heavy (non-hydrogen) atoms. The first kappa shape index (κ1) is 16.8. The van der Waals surface area contributed by atoms with E-state index in [9.17, 15) is 4.79 Å². The third kappa shape index (κ3) is 3.25. The van der Waals surface area contributed by atoms with Crippen molar-refractivity contribution < 1.29 is 9.53 Å². The lowest BCUT2D eigenvalue weighted by Gasteiger charge is -2.25. The van der Waals surface area contributed by atoms with Crippen LogP contribution >= 0.6 is 12.4 Å². The molecular weight excluding hydrogens is 324 g/mol. The molecule has 0 spiro atoms. The SMILES string of the molecule is Cl.O=C(NCc1ccc2c(c1)CNC2)C1CCOc2ccccc21.